The smallest absolute Gasteiger partial charge is 0.135 e. The van der Waals surface area contributed by atoms with Gasteiger partial charge in [-0.1, -0.05) is 27.7 Å². The highest BCUT2D eigenvalue weighted by Gasteiger charge is 2.52. The van der Waals surface area contributed by atoms with Crippen LogP contribution < -0.4 is 0 Å². The number of hydrogen-bond donors (Lipinski definition) is 0. The maximum Gasteiger partial charge on any atom is 0.135 e. The van der Waals surface area contributed by atoms with Crippen LogP contribution in [0.25, 0.3) is 0 Å². The van der Waals surface area contributed by atoms with Crippen molar-refractivity contribution in [1.82, 2.24) is 0 Å². The van der Waals surface area contributed by atoms with Crippen molar-refractivity contribution in [3.05, 3.63) is 0 Å². The summed E-state index contributed by atoms with van der Waals surface area (Å²) in [6, 6.07) is 0. The summed E-state index contributed by atoms with van der Waals surface area (Å²) in [4.78, 5) is 12.2. The van der Waals surface area contributed by atoms with Crippen LogP contribution in [0.15, 0.2) is 0 Å². The van der Waals surface area contributed by atoms with Crippen molar-refractivity contribution < 1.29 is 14.3 Å². The van der Waals surface area contributed by atoms with Gasteiger partial charge in [-0.05, 0) is 57.8 Å². The average molecular weight is 325 g/mol. The van der Waals surface area contributed by atoms with Crippen molar-refractivity contribution in [2.45, 2.75) is 103 Å². The molecule has 23 heavy (non-hydrogen) atoms. The van der Waals surface area contributed by atoms with Crippen LogP contribution >= 0.6 is 0 Å². The molecule has 134 valence electrons. The molecule has 0 radical (unpaired) electrons. The number of ether oxygens (including phenoxy) is 2. The predicted molar refractivity (Wildman–Crippen MR) is 93.6 cm³/mol. The van der Waals surface area contributed by atoms with Crippen LogP contribution in [0.3, 0.4) is 0 Å². The molecule has 0 saturated carbocycles. The minimum Gasteiger partial charge on any atom is -0.370 e. The number of fused-ring (bicyclic) bond motifs is 2. The topological polar surface area (TPSA) is 35.5 Å². The highest BCUT2D eigenvalue weighted by Crippen LogP contribution is 2.46. The SMILES string of the molecule is CC[C@@]12CC[C@@H](O1)[C@](C)(CCCC(C)C(=O)CCC(C)C)OC2. The van der Waals surface area contributed by atoms with E-state index >= 15 is 0 Å². The predicted octanol–water partition coefficient (Wildman–Crippen LogP) is 4.91. The van der Waals surface area contributed by atoms with Gasteiger partial charge in [0.15, 0.2) is 0 Å². The minimum absolute atomic E-state index is 0.00964. The lowest BCUT2D eigenvalue weighted by Gasteiger charge is -2.44. The molecular weight excluding hydrogens is 288 g/mol. The van der Waals surface area contributed by atoms with Crippen molar-refractivity contribution in [3.8, 4) is 0 Å². The van der Waals surface area contributed by atoms with Crippen LogP contribution in [0.4, 0.5) is 0 Å². The van der Waals surface area contributed by atoms with E-state index in [0.717, 1.165) is 58.0 Å². The standard InChI is InChI=1S/C20H36O3/c1-6-20-13-11-18(23-20)19(5,22-14-20)12-7-8-16(4)17(21)10-9-15(2)3/h15-16,18H,6-14H2,1-5H3/t16?,18-,19+,20+/m1/s1. The molecule has 0 spiro atoms. The van der Waals surface area contributed by atoms with Crippen LogP contribution in [0.5, 0.6) is 0 Å². The Morgan fingerprint density at radius 2 is 2.00 bits per heavy atom. The number of rotatable bonds is 9. The summed E-state index contributed by atoms with van der Waals surface area (Å²) >= 11 is 0. The van der Waals surface area contributed by atoms with Crippen molar-refractivity contribution in [1.29, 1.82) is 0 Å². The Kier molecular flexibility index (Phi) is 6.29. The third-order valence-electron chi connectivity index (χ3n) is 6.07. The summed E-state index contributed by atoms with van der Waals surface area (Å²) in [7, 11) is 0. The largest absolute Gasteiger partial charge is 0.370 e. The fourth-order valence-electron chi connectivity index (χ4n) is 3.93. The van der Waals surface area contributed by atoms with Gasteiger partial charge in [0.1, 0.15) is 5.78 Å². The molecule has 2 aliphatic rings. The summed E-state index contributed by atoms with van der Waals surface area (Å²) in [5, 5.41) is 0. The molecule has 0 amide bonds. The summed E-state index contributed by atoms with van der Waals surface area (Å²) in [6.07, 6.45) is 8.30. The molecule has 1 unspecified atom stereocenters. The van der Waals surface area contributed by atoms with Crippen LogP contribution in [-0.2, 0) is 14.3 Å². The van der Waals surface area contributed by atoms with E-state index < -0.39 is 0 Å². The first-order chi connectivity index (χ1) is 10.8. The first-order valence-electron chi connectivity index (χ1n) is 9.65. The summed E-state index contributed by atoms with van der Waals surface area (Å²) in [5.74, 6) is 1.22. The zero-order valence-corrected chi connectivity index (χ0v) is 15.8. The maximum atomic E-state index is 12.2. The zero-order chi connectivity index (χ0) is 17.1. The molecule has 2 saturated heterocycles. The van der Waals surface area contributed by atoms with Crippen LogP contribution in [-0.4, -0.2) is 29.7 Å². The lowest BCUT2D eigenvalue weighted by molar-refractivity contribution is -0.241. The summed E-state index contributed by atoms with van der Waals surface area (Å²) in [5.41, 5.74) is -0.167. The van der Waals surface area contributed by atoms with Crippen molar-refractivity contribution >= 4 is 5.78 Å². The fraction of sp³-hybridized carbons (Fsp3) is 0.950. The van der Waals surface area contributed by atoms with Gasteiger partial charge in [0, 0.05) is 12.3 Å². The van der Waals surface area contributed by atoms with Crippen molar-refractivity contribution in [2.75, 3.05) is 6.61 Å². The summed E-state index contributed by atoms with van der Waals surface area (Å²) < 4.78 is 12.6. The molecular formula is C20H36O3. The van der Waals surface area contributed by atoms with Gasteiger partial charge in [-0.15, -0.1) is 0 Å². The Morgan fingerprint density at radius 1 is 1.26 bits per heavy atom. The van der Waals surface area contributed by atoms with Gasteiger partial charge in [-0.25, -0.2) is 0 Å². The van der Waals surface area contributed by atoms with Gasteiger partial charge in [-0.2, -0.15) is 0 Å². The number of ketones is 1. The second kappa shape index (κ2) is 7.65. The second-order valence-electron chi connectivity index (χ2n) is 8.48. The Balaban J connectivity index is 1.75. The lowest BCUT2D eigenvalue weighted by atomic mass is 9.87. The Hall–Kier alpha value is -0.410. The van der Waals surface area contributed by atoms with E-state index in [1.807, 2.05) is 0 Å². The van der Waals surface area contributed by atoms with E-state index in [-0.39, 0.29) is 23.2 Å². The Labute approximate surface area is 142 Å². The molecule has 3 nitrogen and oxygen atoms in total. The van der Waals surface area contributed by atoms with E-state index in [4.69, 9.17) is 9.47 Å². The lowest BCUT2D eigenvalue weighted by Crippen LogP contribution is -2.52. The Morgan fingerprint density at radius 3 is 2.65 bits per heavy atom. The van der Waals surface area contributed by atoms with Crippen molar-refractivity contribution in [3.63, 3.8) is 0 Å². The first kappa shape index (κ1) is 18.9. The van der Waals surface area contributed by atoms with Gasteiger partial charge in [0.25, 0.3) is 0 Å². The molecule has 0 aliphatic carbocycles. The quantitative estimate of drug-likeness (QED) is 0.604. The molecule has 0 N–H and O–H groups in total. The average Bonchev–Trinajstić information content (AvgIpc) is 2.91. The molecule has 2 fully saturated rings. The Bertz CT molecular complexity index is 406. The molecule has 2 bridgehead atoms. The van der Waals surface area contributed by atoms with Crippen LogP contribution in [0.1, 0.15) is 86.0 Å². The fourth-order valence-corrected chi connectivity index (χ4v) is 3.93. The second-order valence-corrected chi connectivity index (χ2v) is 8.48. The van der Waals surface area contributed by atoms with Gasteiger partial charge in [-0.3, -0.25) is 4.79 Å². The molecule has 4 atom stereocenters. The molecule has 3 heteroatoms. The molecule has 0 aromatic carbocycles. The minimum atomic E-state index is -0.157. The monoisotopic (exact) mass is 324 g/mol. The van der Waals surface area contributed by atoms with E-state index in [1.54, 1.807) is 0 Å². The van der Waals surface area contributed by atoms with Crippen LogP contribution in [0.2, 0.25) is 0 Å². The van der Waals surface area contributed by atoms with Crippen molar-refractivity contribution in [2.24, 2.45) is 11.8 Å². The van der Waals surface area contributed by atoms with Gasteiger partial charge in [0.05, 0.1) is 23.9 Å². The number of hydrogen-bond acceptors (Lipinski definition) is 3. The molecule has 2 aliphatic heterocycles. The normalized spacial score (nSPS) is 34.8. The van der Waals surface area contributed by atoms with E-state index in [0.29, 0.717) is 11.7 Å². The molecule has 0 aromatic rings. The van der Waals surface area contributed by atoms with E-state index in [2.05, 4.69) is 34.6 Å². The van der Waals surface area contributed by atoms with Crippen LogP contribution in [0, 0.1) is 11.8 Å². The highest BCUT2D eigenvalue weighted by molar-refractivity contribution is 5.80. The maximum absolute atomic E-state index is 12.2. The molecule has 2 rings (SSSR count). The number of carbonyl (C=O) groups is 1. The van der Waals surface area contributed by atoms with E-state index in [1.165, 1.54) is 0 Å². The van der Waals surface area contributed by atoms with Gasteiger partial charge >= 0.3 is 0 Å². The first-order valence-corrected chi connectivity index (χ1v) is 9.65. The summed E-state index contributed by atoms with van der Waals surface area (Å²) in [6.45, 7) is 11.6. The third-order valence-corrected chi connectivity index (χ3v) is 6.07. The zero-order valence-electron chi connectivity index (χ0n) is 15.8. The molecule has 0 aromatic heterocycles. The number of carbonyl (C=O) groups excluding carboxylic acids is 1. The van der Waals surface area contributed by atoms with E-state index in [9.17, 15) is 4.79 Å². The van der Waals surface area contributed by atoms with Gasteiger partial charge in [0.2, 0.25) is 0 Å². The number of Topliss-reactive ketones (excluding diaryl/α,β-unsaturated/α-hetero) is 1. The third kappa shape index (κ3) is 4.57. The highest BCUT2D eigenvalue weighted by atomic mass is 16.6. The molecule has 2 heterocycles. The van der Waals surface area contributed by atoms with Gasteiger partial charge < -0.3 is 9.47 Å².